The number of hydrogen-bond acceptors (Lipinski definition) is 4. The van der Waals surface area contributed by atoms with Gasteiger partial charge in [0.05, 0.1) is 30.6 Å². The van der Waals surface area contributed by atoms with E-state index in [1.54, 1.807) is 6.20 Å². The molecule has 6 heteroatoms. The standard InChI is InChI=1S/C20H27N3O3/c1-3-13(2)20(26)23-9-8-16(25)10-18(23)19-21-11-17(22-19)15-6-4-14(12-24)5-7-15/h4-7,11,13,16,18,24-25H,3,8-10,12H2,1-2H3,(H,21,22). The second-order valence-corrected chi connectivity index (χ2v) is 7.07. The maximum absolute atomic E-state index is 12.7. The summed E-state index contributed by atoms with van der Waals surface area (Å²) < 4.78 is 0. The van der Waals surface area contributed by atoms with E-state index >= 15 is 0 Å². The zero-order valence-corrected chi connectivity index (χ0v) is 15.4. The number of aliphatic hydroxyl groups is 2. The Morgan fingerprint density at radius 3 is 2.77 bits per heavy atom. The molecule has 26 heavy (non-hydrogen) atoms. The number of carbonyl (C=O) groups is 1. The molecule has 3 rings (SSSR count). The molecule has 2 aromatic rings. The average Bonchev–Trinajstić information content (AvgIpc) is 3.17. The normalized spacial score (nSPS) is 21.6. The van der Waals surface area contributed by atoms with E-state index < -0.39 is 6.10 Å². The lowest BCUT2D eigenvalue weighted by atomic mass is 9.96. The second-order valence-electron chi connectivity index (χ2n) is 7.07. The van der Waals surface area contributed by atoms with Gasteiger partial charge in [0, 0.05) is 18.9 Å². The lowest BCUT2D eigenvalue weighted by Gasteiger charge is -2.38. The number of likely N-dealkylation sites (tertiary alicyclic amines) is 1. The molecular formula is C20H27N3O3. The zero-order chi connectivity index (χ0) is 18.7. The van der Waals surface area contributed by atoms with Gasteiger partial charge in [0.1, 0.15) is 5.82 Å². The number of nitrogens with one attached hydrogen (secondary N) is 1. The highest BCUT2D eigenvalue weighted by molar-refractivity contribution is 5.79. The second kappa shape index (κ2) is 8.01. The van der Waals surface area contributed by atoms with E-state index in [-0.39, 0.29) is 24.5 Å². The van der Waals surface area contributed by atoms with Crippen LogP contribution in [0.3, 0.4) is 0 Å². The van der Waals surface area contributed by atoms with E-state index in [4.69, 9.17) is 5.11 Å². The molecule has 3 N–H and O–H groups in total. The molecule has 1 aliphatic heterocycles. The highest BCUT2D eigenvalue weighted by Crippen LogP contribution is 2.32. The van der Waals surface area contributed by atoms with Crippen LogP contribution in [-0.2, 0) is 11.4 Å². The maximum atomic E-state index is 12.7. The van der Waals surface area contributed by atoms with E-state index in [9.17, 15) is 9.90 Å². The van der Waals surface area contributed by atoms with Crippen LogP contribution in [0.2, 0.25) is 0 Å². The number of rotatable bonds is 5. The number of imidazole rings is 1. The Hall–Kier alpha value is -2.18. The van der Waals surface area contributed by atoms with Crippen molar-refractivity contribution in [3.8, 4) is 11.3 Å². The number of carbonyl (C=O) groups excluding carboxylic acids is 1. The summed E-state index contributed by atoms with van der Waals surface area (Å²) in [7, 11) is 0. The van der Waals surface area contributed by atoms with Crippen molar-refractivity contribution in [2.45, 2.75) is 51.9 Å². The summed E-state index contributed by atoms with van der Waals surface area (Å²) in [5, 5.41) is 19.3. The van der Waals surface area contributed by atoms with Gasteiger partial charge in [-0.1, -0.05) is 38.1 Å². The molecule has 6 nitrogen and oxygen atoms in total. The van der Waals surface area contributed by atoms with Gasteiger partial charge in [-0.2, -0.15) is 0 Å². The Kier molecular flexibility index (Phi) is 5.74. The molecule has 0 spiro atoms. The van der Waals surface area contributed by atoms with Gasteiger partial charge in [0.15, 0.2) is 0 Å². The topological polar surface area (TPSA) is 89.5 Å². The molecule has 0 radical (unpaired) electrons. The van der Waals surface area contributed by atoms with Crippen LogP contribution in [0, 0.1) is 5.92 Å². The van der Waals surface area contributed by atoms with Gasteiger partial charge in [0.25, 0.3) is 0 Å². The number of aromatic nitrogens is 2. The van der Waals surface area contributed by atoms with Crippen LogP contribution in [-0.4, -0.2) is 43.6 Å². The molecule has 1 amide bonds. The van der Waals surface area contributed by atoms with Crippen LogP contribution < -0.4 is 0 Å². The van der Waals surface area contributed by atoms with Crippen LogP contribution in [0.25, 0.3) is 11.3 Å². The van der Waals surface area contributed by atoms with E-state index in [2.05, 4.69) is 9.97 Å². The highest BCUT2D eigenvalue weighted by atomic mass is 16.3. The largest absolute Gasteiger partial charge is 0.393 e. The highest BCUT2D eigenvalue weighted by Gasteiger charge is 2.35. The molecule has 1 saturated heterocycles. The first kappa shape index (κ1) is 18.6. The SMILES string of the molecule is CCC(C)C(=O)N1CCC(O)CC1c1ncc(-c2ccc(CO)cc2)[nH]1. The van der Waals surface area contributed by atoms with Crippen molar-refractivity contribution in [3.05, 3.63) is 41.9 Å². The maximum Gasteiger partial charge on any atom is 0.226 e. The summed E-state index contributed by atoms with van der Waals surface area (Å²) >= 11 is 0. The molecule has 0 saturated carbocycles. The predicted molar refractivity (Wildman–Crippen MR) is 99.1 cm³/mol. The van der Waals surface area contributed by atoms with Crippen LogP contribution in [0.5, 0.6) is 0 Å². The number of aromatic amines is 1. The molecule has 3 atom stereocenters. The van der Waals surface area contributed by atoms with Gasteiger partial charge in [-0.25, -0.2) is 4.98 Å². The summed E-state index contributed by atoms with van der Waals surface area (Å²) in [4.78, 5) is 22.4. The van der Waals surface area contributed by atoms with Crippen molar-refractivity contribution in [1.29, 1.82) is 0 Å². The van der Waals surface area contributed by atoms with Gasteiger partial charge in [-0.15, -0.1) is 0 Å². The van der Waals surface area contributed by atoms with Crippen LogP contribution in [0.1, 0.15) is 50.5 Å². The number of hydrogen-bond donors (Lipinski definition) is 3. The van der Waals surface area contributed by atoms with E-state index in [0.717, 1.165) is 23.2 Å². The number of piperidine rings is 1. The van der Waals surface area contributed by atoms with Crippen molar-refractivity contribution in [2.24, 2.45) is 5.92 Å². The minimum absolute atomic E-state index is 0.0150. The van der Waals surface area contributed by atoms with Crippen molar-refractivity contribution in [3.63, 3.8) is 0 Å². The quantitative estimate of drug-likeness (QED) is 0.767. The van der Waals surface area contributed by atoms with Crippen molar-refractivity contribution >= 4 is 5.91 Å². The third-order valence-corrected chi connectivity index (χ3v) is 5.25. The predicted octanol–water partition coefficient (Wildman–Crippen LogP) is 2.64. The van der Waals surface area contributed by atoms with Gasteiger partial charge in [0.2, 0.25) is 5.91 Å². The minimum Gasteiger partial charge on any atom is -0.393 e. The third kappa shape index (κ3) is 3.81. The number of aliphatic hydroxyl groups excluding tert-OH is 2. The Morgan fingerprint density at radius 2 is 2.12 bits per heavy atom. The summed E-state index contributed by atoms with van der Waals surface area (Å²) in [6.45, 7) is 4.52. The number of benzene rings is 1. The van der Waals surface area contributed by atoms with Gasteiger partial charge in [-0.05, 0) is 24.0 Å². The fourth-order valence-electron chi connectivity index (χ4n) is 3.37. The Morgan fingerprint density at radius 1 is 1.38 bits per heavy atom. The van der Waals surface area contributed by atoms with Crippen LogP contribution in [0.4, 0.5) is 0 Å². The molecule has 2 heterocycles. The van der Waals surface area contributed by atoms with E-state index in [0.29, 0.717) is 25.2 Å². The average molecular weight is 357 g/mol. The molecule has 1 aromatic carbocycles. The fourth-order valence-corrected chi connectivity index (χ4v) is 3.37. The van der Waals surface area contributed by atoms with Crippen molar-refractivity contribution in [2.75, 3.05) is 6.54 Å². The molecule has 1 aliphatic rings. The van der Waals surface area contributed by atoms with Crippen LogP contribution >= 0.6 is 0 Å². The molecule has 1 fully saturated rings. The van der Waals surface area contributed by atoms with E-state index in [1.807, 2.05) is 43.0 Å². The molecule has 0 aliphatic carbocycles. The number of amides is 1. The molecular weight excluding hydrogens is 330 g/mol. The first-order valence-electron chi connectivity index (χ1n) is 9.27. The molecule has 140 valence electrons. The Bertz CT molecular complexity index is 741. The summed E-state index contributed by atoms with van der Waals surface area (Å²) in [5.41, 5.74) is 2.69. The molecule has 1 aromatic heterocycles. The minimum atomic E-state index is -0.418. The monoisotopic (exact) mass is 357 g/mol. The molecule has 3 unspecified atom stereocenters. The lowest BCUT2D eigenvalue weighted by molar-refractivity contribution is -0.141. The summed E-state index contributed by atoms with van der Waals surface area (Å²) in [6.07, 6.45) is 3.24. The number of nitrogens with zero attached hydrogens (tertiary/aromatic N) is 2. The molecule has 0 bridgehead atoms. The van der Waals surface area contributed by atoms with Crippen molar-refractivity contribution < 1.29 is 15.0 Å². The smallest absolute Gasteiger partial charge is 0.226 e. The summed E-state index contributed by atoms with van der Waals surface area (Å²) in [5.74, 6) is 0.796. The zero-order valence-electron chi connectivity index (χ0n) is 15.4. The first-order valence-corrected chi connectivity index (χ1v) is 9.27. The van der Waals surface area contributed by atoms with Gasteiger partial charge in [-0.3, -0.25) is 4.79 Å². The lowest BCUT2D eigenvalue weighted by Crippen LogP contribution is -2.45. The van der Waals surface area contributed by atoms with Crippen molar-refractivity contribution in [1.82, 2.24) is 14.9 Å². The Labute approximate surface area is 153 Å². The van der Waals surface area contributed by atoms with Gasteiger partial charge < -0.3 is 20.1 Å². The fraction of sp³-hybridized carbons (Fsp3) is 0.500. The Balaban J connectivity index is 1.85. The number of H-pyrrole nitrogens is 1. The third-order valence-electron chi connectivity index (χ3n) is 5.25. The first-order chi connectivity index (χ1) is 12.5. The van der Waals surface area contributed by atoms with E-state index in [1.165, 1.54) is 0 Å². The summed E-state index contributed by atoms with van der Waals surface area (Å²) in [6, 6.07) is 7.38. The van der Waals surface area contributed by atoms with Gasteiger partial charge >= 0.3 is 0 Å². The van der Waals surface area contributed by atoms with Crippen LogP contribution in [0.15, 0.2) is 30.5 Å².